The molecule has 0 aromatic carbocycles. The van der Waals surface area contributed by atoms with Crippen LogP contribution in [0.25, 0.3) is 0 Å². The second-order valence-corrected chi connectivity index (χ2v) is 6.90. The fourth-order valence-electron chi connectivity index (χ4n) is 3.30. The lowest BCUT2D eigenvalue weighted by Gasteiger charge is -2.35. The first-order valence-electron chi connectivity index (χ1n) is 9.98. The smallest absolute Gasteiger partial charge is 0.242 e. The van der Waals surface area contributed by atoms with E-state index in [4.69, 9.17) is 5.73 Å². The highest BCUT2D eigenvalue weighted by Gasteiger charge is 2.31. The molecule has 5 heteroatoms. The molecule has 0 aliphatic carbocycles. The van der Waals surface area contributed by atoms with Gasteiger partial charge in [0.15, 0.2) is 0 Å². The van der Waals surface area contributed by atoms with Crippen LogP contribution in [0, 0.1) is 0 Å². The van der Waals surface area contributed by atoms with Crippen LogP contribution in [0.4, 0.5) is 0 Å². The van der Waals surface area contributed by atoms with Crippen LogP contribution in [0.2, 0.25) is 0 Å². The average Bonchev–Trinajstić information content (AvgIpc) is 2.61. The third-order valence-electron chi connectivity index (χ3n) is 4.80. The molecular formula is C19H37N3O2. The van der Waals surface area contributed by atoms with Gasteiger partial charge in [-0.1, -0.05) is 39.0 Å². The Hall–Kier alpha value is -1.10. The van der Waals surface area contributed by atoms with Gasteiger partial charge in [-0.2, -0.15) is 0 Å². The van der Waals surface area contributed by atoms with Crippen LogP contribution < -0.4 is 11.1 Å². The lowest BCUT2D eigenvalue weighted by molar-refractivity contribution is -0.142. The zero-order valence-corrected chi connectivity index (χ0v) is 15.5. The van der Waals surface area contributed by atoms with Gasteiger partial charge in [-0.05, 0) is 45.1 Å². The number of nitrogens with two attached hydrogens (primary N) is 1. The van der Waals surface area contributed by atoms with E-state index in [1.54, 1.807) is 0 Å². The van der Waals surface area contributed by atoms with Crippen molar-refractivity contribution in [1.29, 1.82) is 0 Å². The van der Waals surface area contributed by atoms with Crippen molar-refractivity contribution in [3.63, 3.8) is 0 Å². The first kappa shape index (κ1) is 20.9. The summed E-state index contributed by atoms with van der Waals surface area (Å²) >= 11 is 0. The quantitative estimate of drug-likeness (QED) is 0.537. The molecule has 140 valence electrons. The van der Waals surface area contributed by atoms with Crippen molar-refractivity contribution < 1.29 is 9.59 Å². The van der Waals surface area contributed by atoms with E-state index in [0.717, 1.165) is 57.9 Å². The Bertz CT molecular complexity index is 327. The van der Waals surface area contributed by atoms with Gasteiger partial charge in [0.2, 0.25) is 11.8 Å². The maximum Gasteiger partial charge on any atom is 0.242 e. The molecule has 1 saturated heterocycles. The minimum absolute atomic E-state index is 0.0294. The molecule has 3 N–H and O–H groups in total. The average molecular weight is 340 g/mol. The Morgan fingerprint density at radius 2 is 1.79 bits per heavy atom. The standard InChI is InChI=1S/C19H37N3O2/c1-2-3-4-5-7-13-18(23)22-16-11-8-12-17(22)19(24)21-15-10-6-9-14-20/h17H,2-16,20H2,1H3,(H,21,24)/t17-/m1/s1. The highest BCUT2D eigenvalue weighted by Crippen LogP contribution is 2.19. The van der Waals surface area contributed by atoms with Crippen LogP contribution in [0.15, 0.2) is 0 Å². The number of nitrogens with zero attached hydrogens (tertiary/aromatic N) is 1. The molecule has 0 saturated carbocycles. The van der Waals surface area contributed by atoms with Crippen LogP contribution in [0.5, 0.6) is 0 Å². The molecule has 24 heavy (non-hydrogen) atoms. The molecule has 1 atom stereocenters. The highest BCUT2D eigenvalue weighted by atomic mass is 16.2. The summed E-state index contributed by atoms with van der Waals surface area (Å²) in [4.78, 5) is 26.8. The summed E-state index contributed by atoms with van der Waals surface area (Å²) in [7, 11) is 0. The molecule has 1 aliphatic rings. The fourth-order valence-corrected chi connectivity index (χ4v) is 3.30. The van der Waals surface area contributed by atoms with E-state index in [9.17, 15) is 9.59 Å². The summed E-state index contributed by atoms with van der Waals surface area (Å²) in [5, 5.41) is 3.01. The van der Waals surface area contributed by atoms with Crippen LogP contribution in [-0.2, 0) is 9.59 Å². The Labute approximate surface area is 147 Å². The zero-order valence-electron chi connectivity index (χ0n) is 15.5. The molecule has 1 fully saturated rings. The molecule has 1 rings (SSSR count). The summed E-state index contributed by atoms with van der Waals surface area (Å²) in [5.41, 5.74) is 5.47. The van der Waals surface area contributed by atoms with Crippen molar-refractivity contribution in [2.45, 2.75) is 90.0 Å². The number of rotatable bonds is 12. The predicted octanol–water partition coefficient (Wildman–Crippen LogP) is 2.97. The Kier molecular flexibility index (Phi) is 11.5. The maximum absolute atomic E-state index is 12.5. The number of carbonyl (C=O) groups is 2. The van der Waals surface area contributed by atoms with Gasteiger partial charge in [0.25, 0.3) is 0 Å². The van der Waals surface area contributed by atoms with E-state index in [-0.39, 0.29) is 17.9 Å². The topological polar surface area (TPSA) is 75.4 Å². The van der Waals surface area contributed by atoms with Crippen LogP contribution in [0.3, 0.4) is 0 Å². The molecule has 0 unspecified atom stereocenters. The molecule has 0 radical (unpaired) electrons. The van der Waals surface area contributed by atoms with Crippen LogP contribution >= 0.6 is 0 Å². The SMILES string of the molecule is CCCCCCCC(=O)N1CCCC[C@@H]1C(=O)NCCCCCN. The molecule has 2 amide bonds. The zero-order chi connectivity index (χ0) is 17.6. The summed E-state index contributed by atoms with van der Waals surface area (Å²) in [6.07, 6.45) is 12.2. The summed E-state index contributed by atoms with van der Waals surface area (Å²) in [6, 6.07) is -0.253. The third kappa shape index (κ3) is 8.13. The molecule has 0 aromatic rings. The number of hydrogen-bond donors (Lipinski definition) is 2. The lowest BCUT2D eigenvalue weighted by Crippen LogP contribution is -2.52. The predicted molar refractivity (Wildman–Crippen MR) is 98.6 cm³/mol. The Balaban J connectivity index is 2.34. The summed E-state index contributed by atoms with van der Waals surface area (Å²) in [6.45, 7) is 4.32. The summed E-state index contributed by atoms with van der Waals surface area (Å²) in [5.74, 6) is 0.191. The van der Waals surface area contributed by atoms with Gasteiger partial charge in [0, 0.05) is 19.5 Å². The van der Waals surface area contributed by atoms with Crippen molar-refractivity contribution in [3.8, 4) is 0 Å². The van der Waals surface area contributed by atoms with Crippen LogP contribution in [-0.4, -0.2) is 42.4 Å². The van der Waals surface area contributed by atoms with Gasteiger partial charge in [0.1, 0.15) is 6.04 Å². The summed E-state index contributed by atoms with van der Waals surface area (Å²) < 4.78 is 0. The van der Waals surface area contributed by atoms with Gasteiger partial charge in [0.05, 0.1) is 0 Å². The fraction of sp³-hybridized carbons (Fsp3) is 0.895. The Morgan fingerprint density at radius 1 is 1.04 bits per heavy atom. The number of likely N-dealkylation sites (tertiary alicyclic amines) is 1. The van der Waals surface area contributed by atoms with Crippen molar-refractivity contribution >= 4 is 11.8 Å². The van der Waals surface area contributed by atoms with E-state index < -0.39 is 0 Å². The van der Waals surface area contributed by atoms with E-state index in [1.807, 2.05) is 4.90 Å². The third-order valence-corrected chi connectivity index (χ3v) is 4.80. The molecule has 1 aliphatic heterocycles. The number of unbranched alkanes of at least 4 members (excludes halogenated alkanes) is 6. The second kappa shape index (κ2) is 13.2. The molecule has 1 heterocycles. The monoisotopic (exact) mass is 339 g/mol. The molecular weight excluding hydrogens is 302 g/mol. The molecule has 0 aromatic heterocycles. The Morgan fingerprint density at radius 3 is 2.54 bits per heavy atom. The highest BCUT2D eigenvalue weighted by molar-refractivity contribution is 5.87. The van der Waals surface area contributed by atoms with E-state index >= 15 is 0 Å². The molecule has 5 nitrogen and oxygen atoms in total. The molecule has 0 spiro atoms. The van der Waals surface area contributed by atoms with Gasteiger partial charge in [-0.15, -0.1) is 0 Å². The van der Waals surface area contributed by atoms with E-state index in [1.165, 1.54) is 19.3 Å². The van der Waals surface area contributed by atoms with Gasteiger partial charge in [-0.3, -0.25) is 9.59 Å². The number of carbonyl (C=O) groups excluding carboxylic acids is 2. The van der Waals surface area contributed by atoms with Crippen LogP contribution in [0.1, 0.15) is 84.0 Å². The number of nitrogens with one attached hydrogen (secondary N) is 1. The van der Waals surface area contributed by atoms with E-state index in [0.29, 0.717) is 19.5 Å². The minimum atomic E-state index is -0.253. The van der Waals surface area contributed by atoms with Crippen molar-refractivity contribution in [2.75, 3.05) is 19.6 Å². The second-order valence-electron chi connectivity index (χ2n) is 6.90. The molecule has 0 bridgehead atoms. The first-order valence-corrected chi connectivity index (χ1v) is 9.98. The first-order chi connectivity index (χ1) is 11.7. The number of piperidine rings is 1. The minimum Gasteiger partial charge on any atom is -0.354 e. The van der Waals surface area contributed by atoms with Gasteiger partial charge in [-0.25, -0.2) is 0 Å². The van der Waals surface area contributed by atoms with Gasteiger partial charge >= 0.3 is 0 Å². The number of amides is 2. The lowest BCUT2D eigenvalue weighted by atomic mass is 10.00. The van der Waals surface area contributed by atoms with Crippen molar-refractivity contribution in [1.82, 2.24) is 10.2 Å². The largest absolute Gasteiger partial charge is 0.354 e. The van der Waals surface area contributed by atoms with Crippen molar-refractivity contribution in [3.05, 3.63) is 0 Å². The van der Waals surface area contributed by atoms with Gasteiger partial charge < -0.3 is 16.0 Å². The van der Waals surface area contributed by atoms with E-state index in [2.05, 4.69) is 12.2 Å². The van der Waals surface area contributed by atoms with Crippen molar-refractivity contribution in [2.24, 2.45) is 5.73 Å². The maximum atomic E-state index is 12.5. The normalized spacial score (nSPS) is 17.8. The number of hydrogen-bond acceptors (Lipinski definition) is 3.